The molecule has 164 valence electrons. The van der Waals surface area contributed by atoms with Gasteiger partial charge in [0.2, 0.25) is 0 Å². The number of halogens is 2. The summed E-state index contributed by atoms with van der Waals surface area (Å²) >= 11 is 6.42. The minimum absolute atomic E-state index is 0. The van der Waals surface area contributed by atoms with Crippen LogP contribution in [0, 0.1) is 0 Å². The van der Waals surface area contributed by atoms with E-state index in [1.165, 1.54) is 0 Å². The van der Waals surface area contributed by atoms with E-state index in [2.05, 4.69) is 25.6 Å². The van der Waals surface area contributed by atoms with E-state index in [0.717, 1.165) is 25.1 Å². The van der Waals surface area contributed by atoms with Crippen molar-refractivity contribution in [2.24, 2.45) is 0 Å². The van der Waals surface area contributed by atoms with Crippen molar-refractivity contribution >= 4 is 46.9 Å². The number of rotatable bonds is 4. The molecule has 8 nitrogen and oxygen atoms in total. The van der Waals surface area contributed by atoms with Crippen LogP contribution in [0.4, 0.5) is 5.82 Å². The number of fused-ring (bicyclic) bond motifs is 1. The molecule has 0 radical (unpaired) electrons. The fourth-order valence-corrected chi connectivity index (χ4v) is 4.08. The molecule has 1 amide bonds. The van der Waals surface area contributed by atoms with Crippen LogP contribution in [-0.2, 0) is 0 Å². The van der Waals surface area contributed by atoms with Crippen molar-refractivity contribution in [1.29, 1.82) is 0 Å². The van der Waals surface area contributed by atoms with Crippen molar-refractivity contribution in [1.82, 2.24) is 30.3 Å². The molecule has 1 aromatic carbocycles. The van der Waals surface area contributed by atoms with E-state index < -0.39 is 0 Å². The minimum atomic E-state index is -0.137. The molecule has 1 saturated heterocycles. The van der Waals surface area contributed by atoms with Crippen LogP contribution < -0.4 is 10.2 Å². The number of aromatic nitrogens is 5. The molecule has 3 aromatic heterocycles. The zero-order chi connectivity index (χ0) is 21.2. The van der Waals surface area contributed by atoms with Gasteiger partial charge in [-0.05, 0) is 67.9 Å². The Labute approximate surface area is 196 Å². The van der Waals surface area contributed by atoms with E-state index >= 15 is 0 Å². The molecule has 1 aliphatic heterocycles. The average molecular weight is 470 g/mol. The summed E-state index contributed by atoms with van der Waals surface area (Å²) in [5.41, 5.74) is 2.70. The SMILES string of the molecule is Cl.O=C(c1ccc(-n2nnc3cccnc32)cc1)N(c1ncccc1Cl)C1CCCNC1. The van der Waals surface area contributed by atoms with Crippen LogP contribution in [0.2, 0.25) is 5.02 Å². The summed E-state index contributed by atoms with van der Waals surface area (Å²) in [5.74, 6) is 0.348. The number of pyridine rings is 2. The predicted molar refractivity (Wildman–Crippen MR) is 126 cm³/mol. The van der Waals surface area contributed by atoms with Crippen molar-refractivity contribution in [3.8, 4) is 5.69 Å². The third-order valence-corrected chi connectivity index (χ3v) is 5.68. The van der Waals surface area contributed by atoms with Crippen molar-refractivity contribution in [2.45, 2.75) is 18.9 Å². The van der Waals surface area contributed by atoms with Crippen molar-refractivity contribution in [2.75, 3.05) is 18.0 Å². The molecule has 0 saturated carbocycles. The topological polar surface area (TPSA) is 88.8 Å². The third-order valence-electron chi connectivity index (χ3n) is 5.39. The highest BCUT2D eigenvalue weighted by molar-refractivity contribution is 6.33. The van der Waals surface area contributed by atoms with Gasteiger partial charge in [0.25, 0.3) is 5.91 Å². The van der Waals surface area contributed by atoms with E-state index in [4.69, 9.17) is 11.6 Å². The Morgan fingerprint density at radius 3 is 2.62 bits per heavy atom. The van der Waals surface area contributed by atoms with E-state index in [1.807, 2.05) is 24.3 Å². The van der Waals surface area contributed by atoms with Crippen molar-refractivity contribution < 1.29 is 4.79 Å². The van der Waals surface area contributed by atoms with Crippen LogP contribution in [0.15, 0.2) is 60.9 Å². The summed E-state index contributed by atoms with van der Waals surface area (Å²) in [6.45, 7) is 1.65. The standard InChI is InChI=1S/C22H20ClN7O.ClH/c23-18-5-2-12-25-20(18)29(17-4-1-11-24-14-17)22(31)15-7-9-16(10-8-15)30-21-19(27-28-30)6-3-13-26-21;/h2-3,5-10,12-13,17,24H,1,4,11,14H2;1H. The van der Waals surface area contributed by atoms with Crippen LogP contribution in [0.5, 0.6) is 0 Å². The number of nitrogens with zero attached hydrogens (tertiary/aromatic N) is 6. The first-order valence-corrected chi connectivity index (χ1v) is 10.5. The molecule has 1 atom stereocenters. The van der Waals surface area contributed by atoms with Crippen LogP contribution >= 0.6 is 24.0 Å². The molecule has 10 heteroatoms. The molecule has 32 heavy (non-hydrogen) atoms. The second-order valence-electron chi connectivity index (χ2n) is 7.38. The van der Waals surface area contributed by atoms with Gasteiger partial charge >= 0.3 is 0 Å². The minimum Gasteiger partial charge on any atom is -0.315 e. The summed E-state index contributed by atoms with van der Waals surface area (Å²) in [6.07, 6.45) is 5.24. The van der Waals surface area contributed by atoms with Gasteiger partial charge in [0.1, 0.15) is 5.52 Å². The highest BCUT2D eigenvalue weighted by atomic mass is 35.5. The number of anilines is 1. The van der Waals surface area contributed by atoms with Gasteiger partial charge in [-0.1, -0.05) is 16.8 Å². The maximum Gasteiger partial charge on any atom is 0.259 e. The van der Waals surface area contributed by atoms with E-state index in [9.17, 15) is 4.79 Å². The van der Waals surface area contributed by atoms with Gasteiger partial charge in [-0.15, -0.1) is 17.5 Å². The van der Waals surface area contributed by atoms with Gasteiger partial charge in [-0.25, -0.2) is 9.97 Å². The summed E-state index contributed by atoms with van der Waals surface area (Å²) in [4.78, 5) is 24.0. The monoisotopic (exact) mass is 469 g/mol. The zero-order valence-electron chi connectivity index (χ0n) is 17.1. The largest absolute Gasteiger partial charge is 0.315 e. The van der Waals surface area contributed by atoms with E-state index in [-0.39, 0.29) is 24.4 Å². The van der Waals surface area contributed by atoms with Crippen molar-refractivity contribution in [3.63, 3.8) is 0 Å². The van der Waals surface area contributed by atoms with Crippen molar-refractivity contribution in [3.05, 3.63) is 71.5 Å². The normalized spacial score (nSPS) is 15.8. The number of carbonyl (C=O) groups excluding carboxylic acids is 1. The molecule has 4 heterocycles. The maximum atomic E-state index is 13.6. The number of hydrogen-bond donors (Lipinski definition) is 1. The van der Waals surface area contributed by atoms with Crippen LogP contribution in [-0.4, -0.2) is 50.0 Å². The molecule has 0 bridgehead atoms. The Morgan fingerprint density at radius 1 is 1.09 bits per heavy atom. The Kier molecular flexibility index (Phi) is 6.64. The fourth-order valence-electron chi connectivity index (χ4n) is 3.87. The number of hydrogen-bond acceptors (Lipinski definition) is 6. The quantitative estimate of drug-likeness (QED) is 0.490. The third kappa shape index (κ3) is 4.17. The van der Waals surface area contributed by atoms with Gasteiger partial charge in [-0.3, -0.25) is 9.69 Å². The maximum absolute atomic E-state index is 13.6. The Morgan fingerprint density at radius 2 is 1.88 bits per heavy atom. The lowest BCUT2D eigenvalue weighted by molar-refractivity contribution is 0.0971. The second kappa shape index (κ2) is 9.60. The summed E-state index contributed by atoms with van der Waals surface area (Å²) in [5, 5.41) is 12.1. The number of nitrogens with one attached hydrogen (secondary N) is 1. The molecule has 1 unspecified atom stereocenters. The highest BCUT2D eigenvalue weighted by Gasteiger charge is 2.30. The lowest BCUT2D eigenvalue weighted by Gasteiger charge is -2.34. The lowest BCUT2D eigenvalue weighted by atomic mass is 10.0. The van der Waals surface area contributed by atoms with Crippen LogP contribution in [0.25, 0.3) is 16.9 Å². The van der Waals surface area contributed by atoms with E-state index in [0.29, 0.717) is 34.1 Å². The molecule has 0 aliphatic carbocycles. The summed E-state index contributed by atoms with van der Waals surface area (Å²) in [7, 11) is 0. The number of benzene rings is 1. The summed E-state index contributed by atoms with van der Waals surface area (Å²) < 4.78 is 1.65. The van der Waals surface area contributed by atoms with E-state index in [1.54, 1.807) is 46.2 Å². The molecule has 4 aromatic rings. The van der Waals surface area contributed by atoms with Gasteiger partial charge in [-0.2, -0.15) is 4.68 Å². The molecule has 5 rings (SSSR count). The first-order chi connectivity index (χ1) is 15.2. The molecule has 0 spiro atoms. The molecule has 1 N–H and O–H groups in total. The number of piperidine rings is 1. The molecule has 1 aliphatic rings. The Bertz CT molecular complexity index is 1220. The van der Waals surface area contributed by atoms with Gasteiger partial charge < -0.3 is 5.32 Å². The second-order valence-corrected chi connectivity index (χ2v) is 7.79. The van der Waals surface area contributed by atoms with Gasteiger partial charge in [0, 0.05) is 24.5 Å². The predicted octanol–water partition coefficient (Wildman–Crippen LogP) is 3.68. The fraction of sp³-hybridized carbons (Fsp3) is 0.227. The lowest BCUT2D eigenvalue weighted by Crippen LogP contribution is -2.49. The molecular formula is C22H21Cl2N7O. The first kappa shape index (κ1) is 22.1. The van der Waals surface area contributed by atoms with Crippen LogP contribution in [0.3, 0.4) is 0 Å². The van der Waals surface area contributed by atoms with Gasteiger partial charge in [0.15, 0.2) is 11.5 Å². The average Bonchev–Trinajstić information content (AvgIpc) is 3.25. The number of carbonyl (C=O) groups is 1. The van der Waals surface area contributed by atoms with Gasteiger partial charge in [0.05, 0.1) is 16.8 Å². The smallest absolute Gasteiger partial charge is 0.259 e. The Hall–Kier alpha value is -3.07. The Balaban J connectivity index is 0.00000245. The zero-order valence-corrected chi connectivity index (χ0v) is 18.6. The highest BCUT2D eigenvalue weighted by Crippen LogP contribution is 2.28. The molecule has 1 fully saturated rings. The first-order valence-electron chi connectivity index (χ1n) is 10.1. The number of amides is 1. The summed E-state index contributed by atoms with van der Waals surface area (Å²) in [6, 6.07) is 14.4. The van der Waals surface area contributed by atoms with Crippen LogP contribution in [0.1, 0.15) is 23.2 Å². The molecular weight excluding hydrogens is 449 g/mol.